The topological polar surface area (TPSA) is 158 Å². The van der Waals surface area contributed by atoms with Crippen molar-refractivity contribution in [1.29, 1.82) is 0 Å². The molecule has 36 heavy (non-hydrogen) atoms. The van der Waals surface area contributed by atoms with Gasteiger partial charge in [0.25, 0.3) is 0 Å². The highest BCUT2D eigenvalue weighted by molar-refractivity contribution is 5.86. The summed E-state index contributed by atoms with van der Waals surface area (Å²) in [6.07, 6.45) is -6.82. The summed E-state index contributed by atoms with van der Waals surface area (Å²) in [7, 11) is 0. The van der Waals surface area contributed by atoms with Gasteiger partial charge in [-0.3, -0.25) is 4.79 Å². The largest absolute Gasteiger partial charge is 0.458 e. The number of carbonyl (C=O) groups is 6. The Kier molecular flexibility index (Phi) is 12.1. The van der Waals surface area contributed by atoms with Crippen molar-refractivity contribution in [3.8, 4) is 0 Å². The molecular formula is C24H30O12. The molecule has 0 heterocycles. The molecule has 0 aliphatic rings. The minimum Gasteiger partial charge on any atom is -0.458 e. The molecule has 12 nitrogen and oxygen atoms in total. The van der Waals surface area contributed by atoms with Crippen molar-refractivity contribution >= 4 is 35.8 Å². The Morgan fingerprint density at radius 2 is 0.889 bits per heavy atom. The molecule has 0 unspecified atom stereocenters. The first-order valence-corrected chi connectivity index (χ1v) is 11.0. The third-order valence-corrected chi connectivity index (χ3v) is 4.40. The predicted molar refractivity (Wildman–Crippen MR) is 120 cm³/mol. The molecule has 0 saturated carbocycles. The van der Waals surface area contributed by atoms with E-state index >= 15 is 0 Å². The smallest absolute Gasteiger partial charge is 0.347 e. The van der Waals surface area contributed by atoms with Crippen molar-refractivity contribution in [3.63, 3.8) is 0 Å². The molecular weight excluding hydrogens is 480 g/mol. The number of hydrogen-bond donors (Lipinski definition) is 0. The molecule has 0 N–H and O–H groups in total. The lowest BCUT2D eigenvalue weighted by Crippen LogP contribution is -2.38. The van der Waals surface area contributed by atoms with Crippen LogP contribution in [0.2, 0.25) is 0 Å². The van der Waals surface area contributed by atoms with Crippen LogP contribution >= 0.6 is 0 Å². The van der Waals surface area contributed by atoms with Crippen LogP contribution < -0.4 is 0 Å². The minimum atomic E-state index is -1.46. The van der Waals surface area contributed by atoms with E-state index in [4.69, 9.17) is 23.7 Å². The first kappa shape index (κ1) is 30.1. The molecule has 0 bridgehead atoms. The molecule has 1 rings (SSSR count). The summed E-state index contributed by atoms with van der Waals surface area (Å²) in [4.78, 5) is 71.2. The van der Waals surface area contributed by atoms with Gasteiger partial charge < -0.3 is 28.4 Å². The van der Waals surface area contributed by atoms with Crippen molar-refractivity contribution in [1.82, 2.24) is 0 Å². The monoisotopic (exact) mass is 510 g/mol. The van der Waals surface area contributed by atoms with E-state index in [1.807, 2.05) is 6.07 Å². The molecule has 0 aliphatic carbocycles. The maximum atomic E-state index is 12.2. The van der Waals surface area contributed by atoms with Crippen LogP contribution in [0.5, 0.6) is 0 Å². The predicted octanol–water partition coefficient (Wildman–Crippen LogP) is 1.41. The molecule has 0 aromatic heterocycles. The van der Waals surface area contributed by atoms with Crippen molar-refractivity contribution in [2.24, 2.45) is 0 Å². The van der Waals surface area contributed by atoms with Gasteiger partial charge in [0, 0.05) is 6.92 Å². The van der Waals surface area contributed by atoms with Crippen LogP contribution in [0.4, 0.5) is 0 Å². The SMILES string of the molecule is CC(=O)O[C@@H](C)C(=O)O[C@H](C)C(=O)O[C@H](C)C(=O)O[C@H](C)C(=O)O[C@H](C)C(=O)OCc1ccccc1. The number of benzene rings is 1. The molecule has 0 saturated heterocycles. The van der Waals surface area contributed by atoms with Crippen molar-refractivity contribution in [2.45, 2.75) is 78.7 Å². The minimum absolute atomic E-state index is 0.00855. The first-order valence-electron chi connectivity index (χ1n) is 11.0. The van der Waals surface area contributed by atoms with E-state index < -0.39 is 66.3 Å². The fourth-order valence-electron chi connectivity index (χ4n) is 2.42. The second-order valence-corrected chi connectivity index (χ2v) is 7.66. The van der Waals surface area contributed by atoms with Gasteiger partial charge >= 0.3 is 35.8 Å². The van der Waals surface area contributed by atoms with Crippen molar-refractivity contribution in [2.75, 3.05) is 0 Å². The Morgan fingerprint density at radius 1 is 0.556 bits per heavy atom. The molecule has 1 aromatic rings. The summed E-state index contributed by atoms with van der Waals surface area (Å²) in [6, 6.07) is 8.88. The van der Waals surface area contributed by atoms with Crippen LogP contribution in [0.3, 0.4) is 0 Å². The molecule has 0 spiro atoms. The van der Waals surface area contributed by atoms with Crippen molar-refractivity contribution < 1.29 is 57.2 Å². The molecule has 0 aliphatic heterocycles. The van der Waals surface area contributed by atoms with Crippen LogP contribution in [-0.4, -0.2) is 66.3 Å². The number of hydrogen-bond acceptors (Lipinski definition) is 12. The van der Waals surface area contributed by atoms with Gasteiger partial charge in [0.15, 0.2) is 30.5 Å². The zero-order valence-electron chi connectivity index (χ0n) is 20.9. The first-order chi connectivity index (χ1) is 16.8. The second kappa shape index (κ2) is 14.4. The number of esters is 6. The summed E-state index contributed by atoms with van der Waals surface area (Å²) in [6.45, 7) is 7.23. The average Bonchev–Trinajstić information content (AvgIpc) is 2.82. The van der Waals surface area contributed by atoms with Crippen molar-refractivity contribution in [3.05, 3.63) is 35.9 Å². The highest BCUT2D eigenvalue weighted by atomic mass is 16.6. The van der Waals surface area contributed by atoms with E-state index in [0.717, 1.165) is 12.5 Å². The van der Waals surface area contributed by atoms with Gasteiger partial charge in [0.1, 0.15) is 6.61 Å². The van der Waals surface area contributed by atoms with Gasteiger partial charge in [-0.05, 0) is 40.2 Å². The standard InChI is InChI=1S/C24H30O12/c1-13(20(26)31-12-19-10-8-7-9-11-19)33-22(28)15(3)35-24(30)17(5)36-23(29)16(4)34-21(27)14(2)32-18(6)25/h7-11,13-17H,12H2,1-6H3/t13-,14+,15-,16-,17-/m1/s1. The molecule has 1 aromatic carbocycles. The fraction of sp³-hybridized carbons (Fsp3) is 0.500. The van der Waals surface area contributed by atoms with E-state index in [1.54, 1.807) is 24.3 Å². The fourth-order valence-corrected chi connectivity index (χ4v) is 2.42. The Hall–Kier alpha value is -3.96. The maximum absolute atomic E-state index is 12.2. The Morgan fingerprint density at radius 3 is 1.25 bits per heavy atom. The van der Waals surface area contributed by atoms with Gasteiger partial charge in [0.05, 0.1) is 0 Å². The van der Waals surface area contributed by atoms with E-state index in [2.05, 4.69) is 4.74 Å². The van der Waals surface area contributed by atoms with Gasteiger partial charge in [-0.25, -0.2) is 24.0 Å². The lowest BCUT2D eigenvalue weighted by Gasteiger charge is -2.20. The third kappa shape index (κ3) is 10.5. The van der Waals surface area contributed by atoms with Crippen LogP contribution in [0.1, 0.15) is 47.1 Å². The van der Waals surface area contributed by atoms with E-state index in [1.165, 1.54) is 34.6 Å². The summed E-state index contributed by atoms with van der Waals surface area (Å²) < 4.78 is 29.3. The lowest BCUT2D eigenvalue weighted by atomic mass is 10.2. The Balaban J connectivity index is 2.47. The molecule has 0 radical (unpaired) electrons. The van der Waals surface area contributed by atoms with Crippen LogP contribution in [0.15, 0.2) is 30.3 Å². The molecule has 12 heteroatoms. The summed E-state index contributed by atoms with van der Waals surface area (Å²) >= 11 is 0. The highest BCUT2D eigenvalue weighted by Gasteiger charge is 2.31. The lowest BCUT2D eigenvalue weighted by molar-refractivity contribution is -0.186. The molecule has 0 fully saturated rings. The van der Waals surface area contributed by atoms with Crippen LogP contribution in [0.25, 0.3) is 0 Å². The summed E-state index contributed by atoms with van der Waals surface area (Å²) in [5.41, 5.74) is 0.748. The summed E-state index contributed by atoms with van der Waals surface area (Å²) in [5.74, 6) is -5.67. The second-order valence-electron chi connectivity index (χ2n) is 7.66. The van der Waals surface area contributed by atoms with E-state index in [0.29, 0.717) is 0 Å². The van der Waals surface area contributed by atoms with Gasteiger partial charge in [0.2, 0.25) is 0 Å². The normalized spacial score (nSPS) is 14.6. The zero-order chi connectivity index (χ0) is 27.4. The number of carbonyl (C=O) groups excluding carboxylic acids is 6. The highest BCUT2D eigenvalue weighted by Crippen LogP contribution is 2.08. The average molecular weight is 510 g/mol. The van der Waals surface area contributed by atoms with Gasteiger partial charge in [-0.15, -0.1) is 0 Å². The van der Waals surface area contributed by atoms with E-state index in [9.17, 15) is 28.8 Å². The number of ether oxygens (including phenoxy) is 6. The van der Waals surface area contributed by atoms with Crippen LogP contribution in [0, 0.1) is 0 Å². The third-order valence-electron chi connectivity index (χ3n) is 4.40. The number of rotatable bonds is 12. The Labute approximate surface area is 208 Å². The van der Waals surface area contributed by atoms with Crippen LogP contribution in [-0.2, 0) is 63.8 Å². The molecule has 0 amide bonds. The molecule has 198 valence electrons. The quantitative estimate of drug-likeness (QED) is 0.294. The molecule has 5 atom stereocenters. The van der Waals surface area contributed by atoms with Gasteiger partial charge in [-0.2, -0.15) is 0 Å². The Bertz CT molecular complexity index is 942. The van der Waals surface area contributed by atoms with Gasteiger partial charge in [-0.1, -0.05) is 30.3 Å². The maximum Gasteiger partial charge on any atom is 0.347 e. The summed E-state index contributed by atoms with van der Waals surface area (Å²) in [5, 5.41) is 0. The zero-order valence-corrected chi connectivity index (χ0v) is 20.9. The van der Waals surface area contributed by atoms with E-state index in [-0.39, 0.29) is 6.61 Å².